The zero-order valence-corrected chi connectivity index (χ0v) is 20.6. The van der Waals surface area contributed by atoms with Gasteiger partial charge in [-0.05, 0) is 74.4 Å². The van der Waals surface area contributed by atoms with E-state index in [1.165, 1.54) is 0 Å². The van der Waals surface area contributed by atoms with Crippen LogP contribution in [-0.2, 0) is 0 Å². The van der Waals surface area contributed by atoms with Crippen LogP contribution in [-0.4, -0.2) is 24.1 Å². The lowest BCUT2D eigenvalue weighted by molar-refractivity contribution is 0.0941. The molecule has 0 fully saturated rings. The summed E-state index contributed by atoms with van der Waals surface area (Å²) >= 11 is 0. The Hall–Kier alpha value is -3.86. The maximum atomic E-state index is 13.4. The molecule has 0 spiro atoms. The number of fused-ring (bicyclic) bond motifs is 1. The van der Waals surface area contributed by atoms with Gasteiger partial charge in [0.25, 0.3) is 5.91 Å². The van der Waals surface area contributed by atoms with E-state index in [4.69, 9.17) is 14.5 Å². The largest absolute Gasteiger partial charge is 0.494 e. The Labute approximate surface area is 207 Å². The van der Waals surface area contributed by atoms with Crippen LogP contribution in [0.2, 0.25) is 0 Å². The number of benzene rings is 3. The summed E-state index contributed by atoms with van der Waals surface area (Å²) in [6.07, 6.45) is 2.13. The summed E-state index contributed by atoms with van der Waals surface area (Å²) in [5.74, 6) is 1.53. The summed E-state index contributed by atoms with van der Waals surface area (Å²) in [6, 6.07) is 25.2. The first-order valence-electron chi connectivity index (χ1n) is 12.3. The molecule has 1 heterocycles. The Kier molecular flexibility index (Phi) is 7.99. The average molecular weight is 469 g/mol. The molecule has 1 N–H and O–H groups in total. The van der Waals surface area contributed by atoms with Crippen LogP contribution in [0, 0.1) is 0 Å². The van der Waals surface area contributed by atoms with Crippen LogP contribution in [0.4, 0.5) is 0 Å². The fourth-order valence-electron chi connectivity index (χ4n) is 3.94. The predicted octanol–water partition coefficient (Wildman–Crippen LogP) is 6.97. The number of aromatic nitrogens is 1. The molecular weight excluding hydrogens is 436 g/mol. The Morgan fingerprint density at radius 3 is 2.31 bits per heavy atom. The fourth-order valence-corrected chi connectivity index (χ4v) is 3.94. The molecule has 4 aromatic rings. The highest BCUT2D eigenvalue weighted by Gasteiger charge is 2.17. The molecule has 0 aliphatic rings. The van der Waals surface area contributed by atoms with Gasteiger partial charge in [-0.2, -0.15) is 0 Å². The second-order valence-electron chi connectivity index (χ2n) is 8.50. The number of amides is 1. The minimum Gasteiger partial charge on any atom is -0.494 e. The molecule has 0 unspecified atom stereocenters. The van der Waals surface area contributed by atoms with Gasteiger partial charge in [-0.3, -0.25) is 4.79 Å². The SMILES string of the molecule is CCCCOc1ccc(-c2cc(C(=O)N[C@H](C)c3ccc(OCC)cc3)c3ccccc3n2)cc1. The molecule has 1 aromatic heterocycles. The van der Waals surface area contributed by atoms with Gasteiger partial charge in [0.1, 0.15) is 11.5 Å². The zero-order chi connectivity index (χ0) is 24.6. The van der Waals surface area contributed by atoms with Crippen molar-refractivity contribution in [1.29, 1.82) is 0 Å². The maximum Gasteiger partial charge on any atom is 0.252 e. The van der Waals surface area contributed by atoms with Crippen molar-refractivity contribution in [3.8, 4) is 22.8 Å². The third-order valence-corrected chi connectivity index (χ3v) is 5.92. The van der Waals surface area contributed by atoms with Gasteiger partial charge < -0.3 is 14.8 Å². The smallest absolute Gasteiger partial charge is 0.252 e. The monoisotopic (exact) mass is 468 g/mol. The van der Waals surface area contributed by atoms with Gasteiger partial charge in [0, 0.05) is 10.9 Å². The Bertz CT molecular complexity index is 1270. The molecule has 1 amide bonds. The lowest BCUT2D eigenvalue weighted by atomic mass is 10.0. The van der Waals surface area contributed by atoms with Gasteiger partial charge >= 0.3 is 0 Å². The normalized spacial score (nSPS) is 11.7. The highest BCUT2D eigenvalue weighted by Crippen LogP contribution is 2.27. The Balaban J connectivity index is 1.59. The molecule has 0 saturated heterocycles. The number of hydrogen-bond acceptors (Lipinski definition) is 4. The predicted molar refractivity (Wildman–Crippen MR) is 141 cm³/mol. The van der Waals surface area contributed by atoms with E-state index in [1.807, 2.05) is 92.7 Å². The van der Waals surface area contributed by atoms with E-state index in [-0.39, 0.29) is 11.9 Å². The molecule has 0 bridgehead atoms. The lowest BCUT2D eigenvalue weighted by Crippen LogP contribution is -2.27. The average Bonchev–Trinajstić information content (AvgIpc) is 2.89. The first-order valence-corrected chi connectivity index (χ1v) is 12.3. The summed E-state index contributed by atoms with van der Waals surface area (Å²) < 4.78 is 11.3. The van der Waals surface area contributed by atoms with Crippen LogP contribution in [0.1, 0.15) is 55.6 Å². The lowest BCUT2D eigenvalue weighted by Gasteiger charge is -2.16. The van der Waals surface area contributed by atoms with E-state index in [2.05, 4.69) is 12.2 Å². The van der Waals surface area contributed by atoms with Crippen LogP contribution in [0.3, 0.4) is 0 Å². The number of unbranched alkanes of at least 4 members (excludes halogenated alkanes) is 1. The van der Waals surface area contributed by atoms with Gasteiger partial charge in [-0.25, -0.2) is 4.98 Å². The van der Waals surface area contributed by atoms with E-state index in [0.29, 0.717) is 18.8 Å². The minimum atomic E-state index is -0.159. The molecule has 3 aromatic carbocycles. The minimum absolute atomic E-state index is 0.134. The molecule has 35 heavy (non-hydrogen) atoms. The number of nitrogens with one attached hydrogen (secondary N) is 1. The maximum absolute atomic E-state index is 13.4. The molecule has 0 radical (unpaired) electrons. The van der Waals surface area contributed by atoms with E-state index < -0.39 is 0 Å². The summed E-state index contributed by atoms with van der Waals surface area (Å²) in [4.78, 5) is 18.2. The topological polar surface area (TPSA) is 60.5 Å². The van der Waals surface area contributed by atoms with Crippen molar-refractivity contribution in [3.63, 3.8) is 0 Å². The molecule has 4 rings (SSSR count). The molecule has 1 atom stereocenters. The van der Waals surface area contributed by atoms with Crippen LogP contribution in [0.25, 0.3) is 22.2 Å². The van der Waals surface area contributed by atoms with Crippen molar-refractivity contribution in [2.45, 2.75) is 39.7 Å². The van der Waals surface area contributed by atoms with Gasteiger partial charge in [0.05, 0.1) is 36.0 Å². The van der Waals surface area contributed by atoms with Crippen molar-refractivity contribution in [3.05, 3.63) is 90.0 Å². The van der Waals surface area contributed by atoms with Gasteiger partial charge in [-0.1, -0.05) is 43.7 Å². The van der Waals surface area contributed by atoms with E-state index in [0.717, 1.165) is 52.1 Å². The van der Waals surface area contributed by atoms with Crippen molar-refractivity contribution < 1.29 is 14.3 Å². The third-order valence-electron chi connectivity index (χ3n) is 5.92. The highest BCUT2D eigenvalue weighted by molar-refractivity contribution is 6.07. The number of ether oxygens (including phenoxy) is 2. The number of para-hydroxylation sites is 1. The highest BCUT2D eigenvalue weighted by atomic mass is 16.5. The van der Waals surface area contributed by atoms with E-state index in [1.54, 1.807) is 0 Å². The standard InChI is InChI=1S/C30H32N2O3/c1-4-6-19-35-25-17-13-23(14-18-25)29-20-27(26-9-7-8-10-28(26)32-29)30(33)31-21(3)22-11-15-24(16-12-22)34-5-2/h7-18,20-21H,4-6,19H2,1-3H3,(H,31,33)/t21-/m1/s1. The molecule has 5 nitrogen and oxygen atoms in total. The molecule has 0 aliphatic heterocycles. The zero-order valence-electron chi connectivity index (χ0n) is 20.6. The second kappa shape index (κ2) is 11.5. The number of hydrogen-bond donors (Lipinski definition) is 1. The number of carbonyl (C=O) groups is 1. The van der Waals surface area contributed by atoms with Crippen LogP contribution in [0.15, 0.2) is 78.9 Å². The number of nitrogens with zero attached hydrogens (tertiary/aromatic N) is 1. The van der Waals surface area contributed by atoms with Gasteiger partial charge in [0.2, 0.25) is 0 Å². The number of pyridine rings is 1. The summed E-state index contributed by atoms with van der Waals surface area (Å²) in [7, 11) is 0. The van der Waals surface area contributed by atoms with E-state index in [9.17, 15) is 4.79 Å². The van der Waals surface area contributed by atoms with Crippen molar-refractivity contribution in [1.82, 2.24) is 10.3 Å². The van der Waals surface area contributed by atoms with Crippen molar-refractivity contribution >= 4 is 16.8 Å². The molecule has 180 valence electrons. The summed E-state index contributed by atoms with van der Waals surface area (Å²) in [6.45, 7) is 7.41. The molecular formula is C30H32N2O3. The van der Waals surface area contributed by atoms with E-state index >= 15 is 0 Å². The quantitative estimate of drug-likeness (QED) is 0.255. The first kappa shape index (κ1) is 24.3. The van der Waals surface area contributed by atoms with Crippen molar-refractivity contribution in [2.75, 3.05) is 13.2 Å². The number of carbonyl (C=O) groups excluding carboxylic acids is 1. The van der Waals surface area contributed by atoms with Crippen LogP contribution >= 0.6 is 0 Å². The van der Waals surface area contributed by atoms with Crippen LogP contribution in [0.5, 0.6) is 11.5 Å². The van der Waals surface area contributed by atoms with Crippen LogP contribution < -0.4 is 14.8 Å². The van der Waals surface area contributed by atoms with Crippen molar-refractivity contribution in [2.24, 2.45) is 0 Å². The molecule has 5 heteroatoms. The molecule has 0 aliphatic carbocycles. The summed E-state index contributed by atoms with van der Waals surface area (Å²) in [5.41, 5.74) is 4.09. The Morgan fingerprint density at radius 2 is 1.60 bits per heavy atom. The van der Waals surface area contributed by atoms with Gasteiger partial charge in [-0.15, -0.1) is 0 Å². The van der Waals surface area contributed by atoms with Gasteiger partial charge in [0.15, 0.2) is 0 Å². The Morgan fingerprint density at radius 1 is 0.914 bits per heavy atom. The number of rotatable bonds is 10. The molecule has 0 saturated carbocycles. The fraction of sp³-hybridized carbons (Fsp3) is 0.267. The first-order chi connectivity index (χ1) is 17.1. The third kappa shape index (κ3) is 5.99. The summed E-state index contributed by atoms with van der Waals surface area (Å²) in [5, 5.41) is 3.97. The second-order valence-corrected chi connectivity index (χ2v) is 8.50.